The highest BCUT2D eigenvalue weighted by Gasteiger charge is 2.08. The number of hydrogen-bond acceptors (Lipinski definition) is 3. The van der Waals surface area contributed by atoms with Gasteiger partial charge in [0, 0.05) is 16.9 Å². The molecule has 0 saturated carbocycles. The lowest BCUT2D eigenvalue weighted by atomic mass is 10.0. The molecule has 28 heavy (non-hydrogen) atoms. The summed E-state index contributed by atoms with van der Waals surface area (Å²) in [6.07, 6.45) is 1.56. The highest BCUT2D eigenvalue weighted by atomic mass is 16.3. The van der Waals surface area contributed by atoms with E-state index in [4.69, 9.17) is 4.42 Å². The molecule has 1 aromatic heterocycles. The fourth-order valence-electron chi connectivity index (χ4n) is 2.62. The molecule has 0 unspecified atom stereocenters. The summed E-state index contributed by atoms with van der Waals surface area (Å²) in [5.41, 5.74) is 3.07. The van der Waals surface area contributed by atoms with E-state index in [1.54, 1.807) is 42.7 Å². The van der Waals surface area contributed by atoms with Crippen molar-refractivity contribution in [3.8, 4) is 0 Å². The molecule has 3 aromatic rings. The van der Waals surface area contributed by atoms with Crippen molar-refractivity contribution in [3.05, 3.63) is 83.8 Å². The Morgan fingerprint density at radius 2 is 1.54 bits per heavy atom. The van der Waals surface area contributed by atoms with E-state index < -0.39 is 0 Å². The van der Waals surface area contributed by atoms with E-state index in [0.29, 0.717) is 35.2 Å². The second-order valence-corrected chi connectivity index (χ2v) is 6.70. The zero-order valence-electron chi connectivity index (χ0n) is 15.9. The molecule has 0 radical (unpaired) electrons. The van der Waals surface area contributed by atoms with Crippen molar-refractivity contribution in [1.82, 2.24) is 5.32 Å². The van der Waals surface area contributed by atoms with Gasteiger partial charge in [-0.25, -0.2) is 4.79 Å². The molecule has 0 spiro atoms. The molecule has 0 fully saturated rings. The molecule has 2 aromatic carbocycles. The van der Waals surface area contributed by atoms with Crippen LogP contribution in [-0.4, -0.2) is 11.9 Å². The van der Waals surface area contributed by atoms with E-state index >= 15 is 0 Å². The minimum absolute atomic E-state index is 0.174. The van der Waals surface area contributed by atoms with Crippen molar-refractivity contribution in [2.24, 2.45) is 0 Å². The lowest BCUT2D eigenvalue weighted by molar-refractivity contribution is 0.102. The first kappa shape index (κ1) is 19.2. The van der Waals surface area contributed by atoms with Gasteiger partial charge in [0.2, 0.25) is 0 Å². The summed E-state index contributed by atoms with van der Waals surface area (Å²) in [6, 6.07) is 17.7. The van der Waals surface area contributed by atoms with Crippen LogP contribution in [0.25, 0.3) is 0 Å². The number of benzene rings is 2. The minimum Gasteiger partial charge on any atom is -0.467 e. The lowest BCUT2D eigenvalue weighted by Crippen LogP contribution is -2.27. The van der Waals surface area contributed by atoms with Crippen molar-refractivity contribution in [2.75, 3.05) is 10.6 Å². The highest BCUT2D eigenvalue weighted by Crippen LogP contribution is 2.17. The van der Waals surface area contributed by atoms with Crippen LogP contribution in [0.15, 0.2) is 71.3 Å². The van der Waals surface area contributed by atoms with Gasteiger partial charge in [-0.2, -0.15) is 0 Å². The van der Waals surface area contributed by atoms with Crippen molar-refractivity contribution in [2.45, 2.75) is 26.3 Å². The maximum absolute atomic E-state index is 12.4. The number of rotatable bonds is 6. The Bertz CT molecular complexity index is 915. The van der Waals surface area contributed by atoms with Gasteiger partial charge in [-0.1, -0.05) is 26.0 Å². The molecule has 3 rings (SSSR count). The average molecular weight is 377 g/mol. The standard InChI is InChI=1S/C22H23N3O3/c1-15(2)16-5-7-17(8-6-16)21(26)24-18-9-11-19(12-10-18)25-22(27)23-14-20-4-3-13-28-20/h3-13,15H,14H2,1-2H3,(H,24,26)(H2,23,25,27). The third-order valence-corrected chi connectivity index (χ3v) is 4.24. The lowest BCUT2D eigenvalue weighted by Gasteiger charge is -2.10. The monoisotopic (exact) mass is 377 g/mol. The molecular weight excluding hydrogens is 354 g/mol. The van der Waals surface area contributed by atoms with Crippen LogP contribution in [0, 0.1) is 0 Å². The molecule has 0 saturated heterocycles. The zero-order chi connectivity index (χ0) is 19.9. The number of hydrogen-bond donors (Lipinski definition) is 3. The van der Waals surface area contributed by atoms with Gasteiger partial charge >= 0.3 is 6.03 Å². The molecular formula is C22H23N3O3. The van der Waals surface area contributed by atoms with Crippen LogP contribution in [0.5, 0.6) is 0 Å². The second-order valence-electron chi connectivity index (χ2n) is 6.70. The fraction of sp³-hybridized carbons (Fsp3) is 0.182. The Morgan fingerprint density at radius 1 is 0.893 bits per heavy atom. The van der Waals surface area contributed by atoms with Crippen molar-refractivity contribution in [1.29, 1.82) is 0 Å². The van der Waals surface area contributed by atoms with Gasteiger partial charge in [0.05, 0.1) is 12.8 Å². The summed E-state index contributed by atoms with van der Waals surface area (Å²) < 4.78 is 5.16. The largest absolute Gasteiger partial charge is 0.467 e. The molecule has 1 heterocycles. The Kier molecular flexibility index (Phi) is 6.11. The molecule has 0 bridgehead atoms. The maximum Gasteiger partial charge on any atom is 0.319 e. The average Bonchev–Trinajstić information content (AvgIpc) is 3.21. The number of anilines is 2. The first-order valence-electron chi connectivity index (χ1n) is 9.10. The third-order valence-electron chi connectivity index (χ3n) is 4.24. The van der Waals surface area contributed by atoms with Crippen LogP contribution in [0.2, 0.25) is 0 Å². The van der Waals surface area contributed by atoms with Gasteiger partial charge in [0.25, 0.3) is 5.91 Å². The van der Waals surface area contributed by atoms with Gasteiger partial charge in [-0.3, -0.25) is 4.79 Å². The number of carbonyl (C=O) groups excluding carboxylic acids is 2. The summed E-state index contributed by atoms with van der Waals surface area (Å²) in [5.74, 6) is 0.926. The number of urea groups is 1. The molecule has 0 aliphatic carbocycles. The first-order valence-corrected chi connectivity index (χ1v) is 9.10. The summed E-state index contributed by atoms with van der Waals surface area (Å²) in [7, 11) is 0. The number of amides is 3. The van der Waals surface area contributed by atoms with E-state index in [2.05, 4.69) is 29.8 Å². The molecule has 0 atom stereocenters. The van der Waals surface area contributed by atoms with Crippen molar-refractivity contribution in [3.63, 3.8) is 0 Å². The van der Waals surface area contributed by atoms with E-state index in [0.717, 1.165) is 0 Å². The summed E-state index contributed by atoms with van der Waals surface area (Å²) in [4.78, 5) is 24.3. The summed E-state index contributed by atoms with van der Waals surface area (Å²) in [5, 5.41) is 8.28. The third kappa shape index (κ3) is 5.23. The molecule has 3 amide bonds. The number of nitrogens with one attached hydrogen (secondary N) is 3. The van der Waals surface area contributed by atoms with Gasteiger partial charge in [0.1, 0.15) is 5.76 Å². The number of carbonyl (C=O) groups is 2. The minimum atomic E-state index is -0.335. The molecule has 3 N–H and O–H groups in total. The highest BCUT2D eigenvalue weighted by molar-refractivity contribution is 6.04. The predicted octanol–water partition coefficient (Wildman–Crippen LogP) is 4.98. The normalized spacial score (nSPS) is 10.5. The van der Waals surface area contributed by atoms with Crippen molar-refractivity contribution < 1.29 is 14.0 Å². The molecule has 0 aliphatic heterocycles. The second kappa shape index (κ2) is 8.90. The van der Waals surface area contributed by atoms with Crippen LogP contribution in [0.1, 0.15) is 41.4 Å². The quantitative estimate of drug-likeness (QED) is 0.567. The Labute approximate surface area is 164 Å². The topological polar surface area (TPSA) is 83.4 Å². The molecule has 6 nitrogen and oxygen atoms in total. The maximum atomic E-state index is 12.4. The fourth-order valence-corrected chi connectivity index (χ4v) is 2.62. The SMILES string of the molecule is CC(C)c1ccc(C(=O)Nc2ccc(NC(=O)NCc3ccco3)cc2)cc1. The molecule has 6 heteroatoms. The van der Waals surface area contributed by atoms with Gasteiger partial charge < -0.3 is 20.4 Å². The van der Waals surface area contributed by atoms with E-state index in [-0.39, 0.29) is 11.9 Å². The van der Waals surface area contributed by atoms with E-state index in [9.17, 15) is 9.59 Å². The first-order chi connectivity index (χ1) is 13.5. The van der Waals surface area contributed by atoms with Gasteiger partial charge in [-0.05, 0) is 60.0 Å². The van der Waals surface area contributed by atoms with Crippen molar-refractivity contribution >= 4 is 23.3 Å². The van der Waals surface area contributed by atoms with Gasteiger partial charge in [-0.15, -0.1) is 0 Å². The zero-order valence-corrected chi connectivity index (χ0v) is 15.9. The Morgan fingerprint density at radius 3 is 2.11 bits per heavy atom. The number of furan rings is 1. The van der Waals surface area contributed by atoms with Crippen LogP contribution in [0.3, 0.4) is 0 Å². The Hall–Kier alpha value is -3.54. The summed E-state index contributed by atoms with van der Waals surface area (Å²) >= 11 is 0. The summed E-state index contributed by atoms with van der Waals surface area (Å²) in [6.45, 7) is 4.53. The van der Waals surface area contributed by atoms with Crippen LogP contribution >= 0.6 is 0 Å². The van der Waals surface area contributed by atoms with Gasteiger partial charge in [0.15, 0.2) is 0 Å². The van der Waals surface area contributed by atoms with E-state index in [1.165, 1.54) is 5.56 Å². The predicted molar refractivity (Wildman–Crippen MR) is 109 cm³/mol. The Balaban J connectivity index is 1.52. The van der Waals surface area contributed by atoms with Crippen LogP contribution in [-0.2, 0) is 6.54 Å². The van der Waals surface area contributed by atoms with E-state index in [1.807, 2.05) is 24.3 Å². The smallest absolute Gasteiger partial charge is 0.319 e. The molecule has 144 valence electrons. The van der Waals surface area contributed by atoms with Crippen LogP contribution < -0.4 is 16.0 Å². The molecule has 0 aliphatic rings. The van der Waals surface area contributed by atoms with Crippen LogP contribution in [0.4, 0.5) is 16.2 Å².